The monoisotopic (exact) mass is 247 g/mol. The van der Waals surface area contributed by atoms with Crippen LogP contribution in [0.1, 0.15) is 24.5 Å². The molecule has 3 rings (SSSR count). The average molecular weight is 247 g/mol. The molecule has 0 radical (unpaired) electrons. The third kappa shape index (κ3) is 1.36. The van der Waals surface area contributed by atoms with E-state index in [0.717, 1.165) is 23.2 Å². The van der Waals surface area contributed by atoms with Crippen molar-refractivity contribution in [1.82, 2.24) is 0 Å². The largest absolute Gasteiger partial charge is 0.336 e. The zero-order chi connectivity index (χ0) is 12.8. The summed E-state index contributed by atoms with van der Waals surface area (Å²) in [6, 6.07) is 5.90. The van der Waals surface area contributed by atoms with Gasteiger partial charge in [0.2, 0.25) is 0 Å². The van der Waals surface area contributed by atoms with E-state index in [-0.39, 0.29) is 5.91 Å². The van der Waals surface area contributed by atoms with Crippen molar-refractivity contribution >= 4 is 11.6 Å². The van der Waals surface area contributed by atoms with Crippen LogP contribution in [0.2, 0.25) is 0 Å². The Morgan fingerprint density at radius 1 is 1.33 bits per heavy atom. The van der Waals surface area contributed by atoms with Gasteiger partial charge in [0, 0.05) is 12.1 Å². The predicted octanol–water partition coefficient (Wildman–Crippen LogP) is 1.95. The number of carbonyl (C=O) groups is 1. The highest BCUT2D eigenvalue weighted by molar-refractivity contribution is 6.06. The minimum atomic E-state index is -1.17. The van der Waals surface area contributed by atoms with Crippen molar-refractivity contribution in [3.05, 3.63) is 29.3 Å². The molecule has 0 saturated carbocycles. The molecular formula is C14H17NO3. The van der Waals surface area contributed by atoms with E-state index in [1.807, 2.05) is 25.1 Å². The van der Waals surface area contributed by atoms with Crippen molar-refractivity contribution in [3.63, 3.8) is 0 Å². The van der Waals surface area contributed by atoms with Crippen molar-refractivity contribution in [2.24, 2.45) is 0 Å². The maximum absolute atomic E-state index is 12.6. The number of nitrogens with zero attached hydrogens (tertiary/aromatic N) is 1. The summed E-state index contributed by atoms with van der Waals surface area (Å²) >= 11 is 0. The number of ether oxygens (including phenoxy) is 2. The number of anilines is 1. The Labute approximate surface area is 106 Å². The van der Waals surface area contributed by atoms with Gasteiger partial charge in [-0.05, 0) is 18.9 Å². The van der Waals surface area contributed by atoms with Crippen molar-refractivity contribution in [3.8, 4) is 0 Å². The van der Waals surface area contributed by atoms with E-state index < -0.39 is 5.79 Å². The molecule has 2 aliphatic heterocycles. The third-order valence-corrected chi connectivity index (χ3v) is 3.53. The van der Waals surface area contributed by atoms with E-state index in [1.165, 1.54) is 0 Å². The van der Waals surface area contributed by atoms with Gasteiger partial charge >= 0.3 is 0 Å². The van der Waals surface area contributed by atoms with Gasteiger partial charge in [0.25, 0.3) is 11.7 Å². The van der Waals surface area contributed by atoms with E-state index in [0.29, 0.717) is 19.8 Å². The molecular weight excluding hydrogens is 230 g/mol. The van der Waals surface area contributed by atoms with E-state index in [2.05, 4.69) is 6.92 Å². The molecule has 1 aromatic carbocycles. The number of amides is 1. The number of benzene rings is 1. The molecule has 1 saturated heterocycles. The minimum Gasteiger partial charge on any atom is -0.336 e. The zero-order valence-electron chi connectivity index (χ0n) is 10.7. The lowest BCUT2D eigenvalue weighted by Gasteiger charge is -2.21. The summed E-state index contributed by atoms with van der Waals surface area (Å²) in [5.74, 6) is -1.25. The van der Waals surface area contributed by atoms with E-state index >= 15 is 0 Å². The van der Waals surface area contributed by atoms with Crippen LogP contribution in [0.15, 0.2) is 18.2 Å². The second-order valence-electron chi connectivity index (χ2n) is 4.74. The Kier molecular flexibility index (Phi) is 2.64. The van der Waals surface area contributed by atoms with Gasteiger partial charge in [0.05, 0.1) is 18.9 Å². The molecule has 2 heterocycles. The number of hydrogen-bond acceptors (Lipinski definition) is 3. The first kappa shape index (κ1) is 11.7. The molecule has 0 N–H and O–H groups in total. The summed E-state index contributed by atoms with van der Waals surface area (Å²) in [6.45, 7) is 5.72. The summed E-state index contributed by atoms with van der Waals surface area (Å²) in [7, 11) is 0. The number of para-hydroxylation sites is 1. The van der Waals surface area contributed by atoms with Crippen LogP contribution in [0.4, 0.5) is 5.69 Å². The van der Waals surface area contributed by atoms with Crippen molar-refractivity contribution < 1.29 is 14.3 Å². The zero-order valence-corrected chi connectivity index (χ0v) is 10.7. The molecule has 0 aromatic heterocycles. The summed E-state index contributed by atoms with van der Waals surface area (Å²) in [4.78, 5) is 14.4. The quantitative estimate of drug-likeness (QED) is 0.801. The van der Waals surface area contributed by atoms with Gasteiger partial charge < -0.3 is 14.4 Å². The maximum Gasteiger partial charge on any atom is 0.292 e. The molecule has 2 aliphatic rings. The van der Waals surface area contributed by atoms with Gasteiger partial charge in [-0.2, -0.15) is 0 Å². The van der Waals surface area contributed by atoms with Crippen LogP contribution in [0.25, 0.3) is 0 Å². The van der Waals surface area contributed by atoms with Gasteiger partial charge in [0.1, 0.15) is 0 Å². The molecule has 0 atom stereocenters. The second kappa shape index (κ2) is 4.07. The molecule has 96 valence electrons. The summed E-state index contributed by atoms with van der Waals surface area (Å²) in [5, 5.41) is 0. The molecule has 1 fully saturated rings. The van der Waals surface area contributed by atoms with Crippen LogP contribution in [-0.4, -0.2) is 25.7 Å². The van der Waals surface area contributed by atoms with Crippen LogP contribution in [-0.2, 0) is 20.1 Å². The lowest BCUT2D eigenvalue weighted by Crippen LogP contribution is -2.41. The normalized spacial score (nSPS) is 20.8. The number of carbonyl (C=O) groups excluding carboxylic acids is 1. The van der Waals surface area contributed by atoms with Crippen molar-refractivity contribution in [2.75, 3.05) is 24.7 Å². The average Bonchev–Trinajstić information content (AvgIpc) is 2.93. The fourth-order valence-corrected chi connectivity index (χ4v) is 2.81. The van der Waals surface area contributed by atoms with E-state index in [1.54, 1.807) is 4.90 Å². The molecule has 0 unspecified atom stereocenters. The molecule has 1 amide bonds. The van der Waals surface area contributed by atoms with E-state index in [4.69, 9.17) is 9.47 Å². The summed E-state index contributed by atoms with van der Waals surface area (Å²) in [5.41, 5.74) is 2.91. The summed E-state index contributed by atoms with van der Waals surface area (Å²) < 4.78 is 11.3. The maximum atomic E-state index is 12.6. The molecule has 1 aromatic rings. The molecule has 18 heavy (non-hydrogen) atoms. The Bertz CT molecular complexity index is 492. The summed E-state index contributed by atoms with van der Waals surface area (Å²) in [6.07, 6.45) is 0.912. The van der Waals surface area contributed by atoms with Crippen molar-refractivity contribution in [1.29, 1.82) is 0 Å². The Morgan fingerprint density at radius 3 is 2.72 bits per heavy atom. The van der Waals surface area contributed by atoms with Crippen LogP contribution in [0, 0.1) is 6.92 Å². The smallest absolute Gasteiger partial charge is 0.292 e. The van der Waals surface area contributed by atoms with E-state index in [9.17, 15) is 4.79 Å². The van der Waals surface area contributed by atoms with Crippen LogP contribution in [0.5, 0.6) is 0 Å². The molecule has 1 spiro atoms. The first-order valence-corrected chi connectivity index (χ1v) is 6.40. The molecule has 0 bridgehead atoms. The lowest BCUT2D eigenvalue weighted by molar-refractivity contribution is -0.180. The molecule has 0 aliphatic carbocycles. The fraction of sp³-hybridized carbons (Fsp3) is 0.500. The van der Waals surface area contributed by atoms with Crippen LogP contribution >= 0.6 is 0 Å². The fourth-order valence-electron chi connectivity index (χ4n) is 2.81. The lowest BCUT2D eigenvalue weighted by atomic mass is 10.0. The van der Waals surface area contributed by atoms with Gasteiger partial charge in [-0.25, -0.2) is 0 Å². The molecule has 4 heteroatoms. The van der Waals surface area contributed by atoms with Crippen LogP contribution < -0.4 is 4.90 Å². The SMILES string of the molecule is CCCN1C(=O)C2(OCCO2)c2cccc(C)c21. The highest BCUT2D eigenvalue weighted by Gasteiger charge is 2.56. The number of fused-ring (bicyclic) bond motifs is 2. The van der Waals surface area contributed by atoms with Gasteiger partial charge in [-0.1, -0.05) is 25.1 Å². The van der Waals surface area contributed by atoms with Gasteiger partial charge in [-0.15, -0.1) is 0 Å². The highest BCUT2D eigenvalue weighted by atomic mass is 16.7. The topological polar surface area (TPSA) is 38.8 Å². The highest BCUT2D eigenvalue weighted by Crippen LogP contribution is 2.46. The first-order chi connectivity index (χ1) is 8.70. The van der Waals surface area contributed by atoms with Crippen molar-refractivity contribution in [2.45, 2.75) is 26.1 Å². The minimum absolute atomic E-state index is 0.0776. The van der Waals surface area contributed by atoms with Crippen LogP contribution in [0.3, 0.4) is 0 Å². The van der Waals surface area contributed by atoms with Gasteiger partial charge in [-0.3, -0.25) is 4.79 Å². The predicted molar refractivity (Wildman–Crippen MR) is 67.4 cm³/mol. The Hall–Kier alpha value is -1.39. The number of hydrogen-bond donors (Lipinski definition) is 0. The molecule has 4 nitrogen and oxygen atoms in total. The first-order valence-electron chi connectivity index (χ1n) is 6.40. The number of aryl methyl sites for hydroxylation is 1. The third-order valence-electron chi connectivity index (χ3n) is 3.53. The Balaban J connectivity index is 2.17. The Morgan fingerprint density at radius 2 is 2.06 bits per heavy atom. The number of rotatable bonds is 2. The second-order valence-corrected chi connectivity index (χ2v) is 4.74. The standard InChI is InChI=1S/C14H17NO3/c1-3-7-15-12-10(2)5-4-6-11(12)14(13(15)16)17-8-9-18-14/h4-6H,3,7-9H2,1-2H3. The van der Waals surface area contributed by atoms with Gasteiger partial charge in [0.15, 0.2) is 0 Å².